The first-order valence-corrected chi connectivity index (χ1v) is 9.78. The Bertz CT molecular complexity index is 833. The van der Waals surface area contributed by atoms with Gasteiger partial charge in [0.2, 0.25) is 5.91 Å². The lowest BCUT2D eigenvalue weighted by Gasteiger charge is -2.12. The molecule has 9 nitrogen and oxygen atoms in total. The van der Waals surface area contributed by atoms with Crippen molar-refractivity contribution < 1.29 is 23.9 Å². The zero-order valence-electron chi connectivity index (χ0n) is 16.2. The molecule has 2 rings (SSSR count). The number of hydrogen-bond donors (Lipinski definition) is 2. The van der Waals surface area contributed by atoms with E-state index in [1.807, 2.05) is 18.2 Å². The van der Waals surface area contributed by atoms with E-state index < -0.39 is 5.91 Å². The first kappa shape index (κ1) is 22.1. The van der Waals surface area contributed by atoms with Gasteiger partial charge in [-0.2, -0.15) is 5.26 Å². The quantitative estimate of drug-likeness (QED) is 0.329. The molecule has 10 heteroatoms. The highest BCUT2D eigenvalue weighted by molar-refractivity contribution is 8.14. The molecule has 0 aliphatic carbocycles. The number of amides is 3. The van der Waals surface area contributed by atoms with Crippen LogP contribution in [-0.2, 0) is 16.0 Å². The number of benzene rings is 1. The van der Waals surface area contributed by atoms with E-state index in [1.54, 1.807) is 20.3 Å². The molecule has 29 heavy (non-hydrogen) atoms. The molecular weight excluding hydrogens is 396 g/mol. The Labute approximate surface area is 173 Å². The summed E-state index contributed by atoms with van der Waals surface area (Å²) in [7, 11) is 3.11. The second-order valence-corrected chi connectivity index (χ2v) is 6.85. The van der Waals surface area contributed by atoms with Gasteiger partial charge in [0.15, 0.2) is 11.5 Å². The van der Waals surface area contributed by atoms with Crippen molar-refractivity contribution in [1.82, 2.24) is 15.5 Å². The van der Waals surface area contributed by atoms with Crippen LogP contribution in [0, 0.1) is 11.3 Å². The number of ether oxygens (including phenoxy) is 2. The summed E-state index contributed by atoms with van der Waals surface area (Å²) in [5.74, 6) is 0.632. The Kier molecular flexibility index (Phi) is 8.36. The van der Waals surface area contributed by atoms with Gasteiger partial charge in [0, 0.05) is 25.8 Å². The van der Waals surface area contributed by atoms with Crippen LogP contribution < -0.4 is 20.1 Å². The van der Waals surface area contributed by atoms with Crippen molar-refractivity contribution in [2.75, 3.05) is 39.6 Å². The molecule has 1 aliphatic heterocycles. The largest absolute Gasteiger partial charge is 0.493 e. The Hall–Kier alpha value is -3.19. The molecule has 0 aromatic heterocycles. The van der Waals surface area contributed by atoms with Crippen LogP contribution in [0.15, 0.2) is 30.0 Å². The van der Waals surface area contributed by atoms with E-state index >= 15 is 0 Å². The van der Waals surface area contributed by atoms with Gasteiger partial charge in [0.25, 0.3) is 11.1 Å². The van der Waals surface area contributed by atoms with Crippen molar-refractivity contribution in [2.45, 2.75) is 6.42 Å². The van der Waals surface area contributed by atoms with Gasteiger partial charge < -0.3 is 20.1 Å². The standard InChI is InChI=1S/C19H22N4O5S/c1-27-15-4-3-13(9-16(15)28-2)5-6-22-18(25)14(10-20)11-21-7-8-23-17(24)12-29-19(23)26/h3-4,9,11,21H,5-8,12H2,1-2H3,(H,22,25)/b14-11-. The molecule has 1 fully saturated rings. The van der Waals surface area contributed by atoms with E-state index in [0.717, 1.165) is 22.2 Å². The number of nitrogens with zero attached hydrogens (tertiary/aromatic N) is 2. The van der Waals surface area contributed by atoms with Crippen molar-refractivity contribution in [2.24, 2.45) is 0 Å². The molecule has 2 N–H and O–H groups in total. The average molecular weight is 418 g/mol. The molecule has 0 unspecified atom stereocenters. The van der Waals surface area contributed by atoms with Crippen molar-refractivity contribution in [3.8, 4) is 17.6 Å². The Morgan fingerprint density at radius 1 is 1.28 bits per heavy atom. The van der Waals surface area contributed by atoms with E-state index in [2.05, 4.69) is 10.6 Å². The summed E-state index contributed by atoms with van der Waals surface area (Å²) in [5.41, 5.74) is 0.854. The van der Waals surface area contributed by atoms with E-state index in [9.17, 15) is 14.4 Å². The number of thioether (sulfide) groups is 1. The minimum atomic E-state index is -0.510. The fourth-order valence-corrected chi connectivity index (χ4v) is 3.30. The molecular formula is C19H22N4O5S. The first-order chi connectivity index (χ1) is 14.0. The number of imide groups is 1. The number of nitriles is 1. The lowest BCUT2D eigenvalue weighted by molar-refractivity contribution is -0.124. The predicted octanol–water partition coefficient (Wildman–Crippen LogP) is 1.05. The normalized spacial score (nSPS) is 13.8. The van der Waals surface area contributed by atoms with Crippen LogP contribution in [0.5, 0.6) is 11.5 Å². The van der Waals surface area contributed by atoms with E-state index in [1.165, 1.54) is 6.20 Å². The van der Waals surface area contributed by atoms with Crippen LogP contribution in [0.2, 0.25) is 0 Å². The highest BCUT2D eigenvalue weighted by atomic mass is 32.2. The summed E-state index contributed by atoms with van der Waals surface area (Å²) in [6, 6.07) is 7.31. The minimum Gasteiger partial charge on any atom is -0.493 e. The van der Waals surface area contributed by atoms with Crippen molar-refractivity contribution >= 4 is 28.8 Å². The third-order valence-corrected chi connectivity index (χ3v) is 4.94. The zero-order valence-corrected chi connectivity index (χ0v) is 17.0. The molecule has 1 heterocycles. The summed E-state index contributed by atoms with van der Waals surface area (Å²) in [4.78, 5) is 36.3. The molecule has 1 aliphatic rings. The van der Waals surface area contributed by atoms with Crippen LogP contribution in [-0.4, -0.2) is 61.6 Å². The van der Waals surface area contributed by atoms with Gasteiger partial charge >= 0.3 is 0 Å². The van der Waals surface area contributed by atoms with Gasteiger partial charge in [-0.05, 0) is 24.1 Å². The smallest absolute Gasteiger partial charge is 0.288 e. The fraction of sp³-hybridized carbons (Fsp3) is 0.368. The summed E-state index contributed by atoms with van der Waals surface area (Å²) in [6.07, 6.45) is 1.83. The number of hydrogen-bond acceptors (Lipinski definition) is 8. The molecule has 3 amide bonds. The highest BCUT2D eigenvalue weighted by Gasteiger charge is 2.28. The zero-order chi connectivity index (χ0) is 21.2. The van der Waals surface area contributed by atoms with Crippen LogP contribution in [0.4, 0.5) is 4.79 Å². The first-order valence-electron chi connectivity index (χ1n) is 8.80. The molecule has 0 saturated carbocycles. The van der Waals surface area contributed by atoms with Gasteiger partial charge in [-0.3, -0.25) is 19.3 Å². The topological polar surface area (TPSA) is 121 Å². The second-order valence-electron chi connectivity index (χ2n) is 5.92. The second kappa shape index (κ2) is 11.0. The number of nitrogens with one attached hydrogen (secondary N) is 2. The summed E-state index contributed by atoms with van der Waals surface area (Å²) < 4.78 is 10.4. The monoisotopic (exact) mass is 418 g/mol. The predicted molar refractivity (Wildman–Crippen MR) is 108 cm³/mol. The molecule has 0 spiro atoms. The van der Waals surface area contributed by atoms with E-state index in [-0.39, 0.29) is 35.6 Å². The maximum atomic E-state index is 12.1. The van der Waals surface area contributed by atoms with Crippen LogP contribution >= 0.6 is 11.8 Å². The van der Waals surface area contributed by atoms with Crippen molar-refractivity contribution in [3.05, 3.63) is 35.5 Å². The minimum absolute atomic E-state index is 0.0919. The fourth-order valence-electron chi connectivity index (χ4n) is 2.55. The SMILES string of the molecule is COc1ccc(CCNC(=O)/C(C#N)=C\NCCN2C(=O)CSC2=O)cc1OC. The highest BCUT2D eigenvalue weighted by Crippen LogP contribution is 2.27. The van der Waals surface area contributed by atoms with E-state index in [4.69, 9.17) is 14.7 Å². The maximum absolute atomic E-state index is 12.1. The number of carbonyl (C=O) groups is 3. The van der Waals surface area contributed by atoms with Crippen molar-refractivity contribution in [3.63, 3.8) is 0 Å². The van der Waals surface area contributed by atoms with Crippen LogP contribution in [0.1, 0.15) is 5.56 Å². The summed E-state index contributed by atoms with van der Waals surface area (Å²) in [5, 5.41) is 14.3. The Balaban J connectivity index is 1.79. The third-order valence-electron chi connectivity index (χ3n) is 4.08. The number of carbonyl (C=O) groups excluding carboxylic acids is 3. The molecule has 0 bridgehead atoms. The Morgan fingerprint density at radius 2 is 2.03 bits per heavy atom. The third kappa shape index (κ3) is 6.15. The molecule has 0 radical (unpaired) electrons. The summed E-state index contributed by atoms with van der Waals surface area (Å²) in [6.45, 7) is 0.768. The summed E-state index contributed by atoms with van der Waals surface area (Å²) >= 11 is 0.962. The van der Waals surface area contributed by atoms with Gasteiger partial charge in [-0.1, -0.05) is 17.8 Å². The molecule has 154 valence electrons. The molecule has 1 saturated heterocycles. The van der Waals surface area contributed by atoms with Gasteiger partial charge in [0.05, 0.1) is 20.0 Å². The Morgan fingerprint density at radius 3 is 2.66 bits per heavy atom. The number of rotatable bonds is 10. The molecule has 1 aromatic carbocycles. The number of methoxy groups -OCH3 is 2. The van der Waals surface area contributed by atoms with Gasteiger partial charge in [-0.15, -0.1) is 0 Å². The molecule has 0 atom stereocenters. The van der Waals surface area contributed by atoms with Crippen LogP contribution in [0.3, 0.4) is 0 Å². The van der Waals surface area contributed by atoms with E-state index in [0.29, 0.717) is 24.5 Å². The lowest BCUT2D eigenvalue weighted by Crippen LogP contribution is -2.34. The lowest BCUT2D eigenvalue weighted by atomic mass is 10.1. The van der Waals surface area contributed by atoms with Gasteiger partial charge in [0.1, 0.15) is 11.6 Å². The maximum Gasteiger partial charge on any atom is 0.288 e. The average Bonchev–Trinajstić information content (AvgIpc) is 3.05. The van der Waals surface area contributed by atoms with Gasteiger partial charge in [-0.25, -0.2) is 0 Å². The molecule has 1 aromatic rings. The van der Waals surface area contributed by atoms with Crippen LogP contribution in [0.25, 0.3) is 0 Å². The van der Waals surface area contributed by atoms with Crippen molar-refractivity contribution in [1.29, 1.82) is 5.26 Å².